The number of likely N-dealkylation sites (N-methyl/N-ethyl adjacent to an activating group) is 1. The summed E-state index contributed by atoms with van der Waals surface area (Å²) < 4.78 is 56.9. The Morgan fingerprint density at radius 1 is 0.393 bits per heavy atom. The minimum Gasteiger partial charge on any atom is -1.00 e. The van der Waals surface area contributed by atoms with Crippen molar-refractivity contribution in [2.75, 3.05) is 146 Å². The highest BCUT2D eigenvalue weighted by atomic mass is 79.9. The topological polar surface area (TPSA) is 92.3 Å². The Morgan fingerprint density at radius 3 is 1.20 bits per heavy atom. The van der Waals surface area contributed by atoms with E-state index in [4.69, 9.17) is 47.4 Å². The van der Waals surface area contributed by atoms with Crippen LogP contribution in [0.25, 0.3) is 0 Å². The maximum absolute atomic E-state index is 5.79. The zero-order valence-electron chi connectivity index (χ0n) is 35.1. The highest BCUT2D eigenvalue weighted by molar-refractivity contribution is 5.27. The fourth-order valence-electron chi connectivity index (χ4n) is 5.59. The molecular weight excluding hydrogens is 782 g/mol. The van der Waals surface area contributed by atoms with Gasteiger partial charge in [0.15, 0.2) is 0 Å². The number of rotatable bonds is 41. The van der Waals surface area contributed by atoms with E-state index in [1.807, 2.05) is 0 Å². The summed E-state index contributed by atoms with van der Waals surface area (Å²) in [6.07, 6.45) is 10.5. The molecule has 0 aliphatic heterocycles. The third kappa shape index (κ3) is 33.3. The molecule has 0 amide bonds. The maximum Gasteiger partial charge on any atom is 0.119 e. The van der Waals surface area contributed by atoms with Crippen LogP contribution in [-0.2, 0) is 55.6 Å². The van der Waals surface area contributed by atoms with Crippen LogP contribution in [0.3, 0.4) is 0 Å². The molecule has 0 unspecified atom stereocenters. The van der Waals surface area contributed by atoms with Crippen molar-refractivity contribution in [2.24, 2.45) is 0 Å². The van der Waals surface area contributed by atoms with Crippen molar-refractivity contribution in [1.29, 1.82) is 0 Å². The van der Waals surface area contributed by atoms with Crippen LogP contribution in [0.2, 0.25) is 0 Å². The van der Waals surface area contributed by atoms with Crippen LogP contribution in [0, 0.1) is 0 Å². The molecule has 0 N–H and O–H groups in total. The average molecular weight is 859 g/mol. The number of ether oxygens (including phenoxy) is 10. The van der Waals surface area contributed by atoms with Crippen molar-refractivity contribution in [1.82, 2.24) is 0 Å². The van der Waals surface area contributed by atoms with E-state index >= 15 is 0 Å². The van der Waals surface area contributed by atoms with Crippen LogP contribution in [0.4, 0.5) is 0 Å². The lowest BCUT2D eigenvalue weighted by Crippen LogP contribution is -3.00. The zero-order chi connectivity index (χ0) is 39.2. The van der Waals surface area contributed by atoms with E-state index in [9.17, 15) is 0 Å². The fraction of sp³-hybridized carbons (Fsp3) is 0.727. The molecule has 0 aliphatic rings. The van der Waals surface area contributed by atoms with Gasteiger partial charge in [0.2, 0.25) is 0 Å². The molecule has 0 spiro atoms. The molecule has 324 valence electrons. The lowest BCUT2D eigenvalue weighted by molar-refractivity contribution is -0.904. The quantitative estimate of drug-likeness (QED) is 0.0728. The number of hydrogen-bond acceptors (Lipinski definition) is 10. The van der Waals surface area contributed by atoms with Crippen molar-refractivity contribution < 1.29 is 68.8 Å². The minimum atomic E-state index is 0. The number of hydrogen-bond donors (Lipinski definition) is 0. The van der Waals surface area contributed by atoms with Gasteiger partial charge in [-0.3, -0.25) is 0 Å². The van der Waals surface area contributed by atoms with Crippen LogP contribution in [0.15, 0.2) is 54.6 Å². The van der Waals surface area contributed by atoms with E-state index in [2.05, 4.69) is 75.6 Å². The van der Waals surface area contributed by atoms with Gasteiger partial charge in [-0.2, -0.15) is 0 Å². The van der Waals surface area contributed by atoms with Crippen LogP contribution in [-0.4, -0.2) is 151 Å². The minimum absolute atomic E-state index is 0. The Labute approximate surface area is 350 Å². The predicted molar refractivity (Wildman–Crippen MR) is 218 cm³/mol. The molecule has 2 aromatic carbocycles. The van der Waals surface area contributed by atoms with Gasteiger partial charge in [0, 0.05) is 5.56 Å². The first-order chi connectivity index (χ1) is 27.1. The lowest BCUT2D eigenvalue weighted by Gasteiger charge is -2.29. The average Bonchev–Trinajstić information content (AvgIpc) is 3.19. The molecule has 0 radical (unpaired) electrons. The molecule has 2 rings (SSSR count). The molecule has 0 bridgehead atoms. The molecule has 0 saturated heterocycles. The second-order valence-electron chi connectivity index (χ2n) is 14.2. The molecule has 0 aliphatic carbocycles. The number of nitrogens with zero attached hydrogens (tertiary/aromatic N) is 1. The summed E-state index contributed by atoms with van der Waals surface area (Å²) in [5.41, 5.74) is 2.72. The van der Waals surface area contributed by atoms with Crippen LogP contribution in [0.5, 0.6) is 5.75 Å². The summed E-state index contributed by atoms with van der Waals surface area (Å²) in [5.74, 6) is 0.889. The monoisotopic (exact) mass is 857 g/mol. The third-order valence-electron chi connectivity index (χ3n) is 8.76. The summed E-state index contributed by atoms with van der Waals surface area (Å²) in [6, 6.07) is 19.0. The maximum atomic E-state index is 5.79. The molecule has 0 atom stereocenters. The van der Waals surface area contributed by atoms with E-state index in [1.54, 1.807) is 0 Å². The van der Waals surface area contributed by atoms with Gasteiger partial charge in [0.05, 0.1) is 133 Å². The first kappa shape index (κ1) is 52.3. The fourth-order valence-corrected chi connectivity index (χ4v) is 5.59. The van der Waals surface area contributed by atoms with Gasteiger partial charge in [-0.1, -0.05) is 87.9 Å². The Balaban J connectivity index is 0.0000157. The van der Waals surface area contributed by atoms with Crippen molar-refractivity contribution in [3.05, 3.63) is 65.7 Å². The number of halogens is 1. The van der Waals surface area contributed by atoms with Gasteiger partial charge < -0.3 is 68.8 Å². The highest BCUT2D eigenvalue weighted by Gasteiger charge is 2.15. The van der Waals surface area contributed by atoms with Crippen LogP contribution < -0.4 is 21.7 Å². The molecule has 2 aromatic rings. The Hall–Kier alpha value is -1.68. The standard InChI is InChI=1S/C44H76NO10.BrH/c1-4-5-6-7-8-9-11-14-42-17-19-44(20-18-42)55-40-39-54-38-37-53-36-35-52-34-33-51-32-31-50-30-29-49-28-27-48-26-25-47-24-23-46-22-21-45(2,3)41-43-15-12-10-13-16-43;/h10,12-13,15-20H,4-9,11,14,21-41H2,1-3H3;1H/q+1;/p-1. The Kier molecular flexibility index (Phi) is 36.3. The number of aryl methyl sites for hydroxylation is 1. The lowest BCUT2D eigenvalue weighted by atomic mass is 10.0. The third-order valence-corrected chi connectivity index (χ3v) is 8.76. The number of benzene rings is 2. The molecule has 56 heavy (non-hydrogen) atoms. The van der Waals surface area contributed by atoms with E-state index in [0.29, 0.717) is 126 Å². The van der Waals surface area contributed by atoms with Gasteiger partial charge in [0.1, 0.15) is 25.4 Å². The summed E-state index contributed by atoms with van der Waals surface area (Å²) >= 11 is 0. The van der Waals surface area contributed by atoms with E-state index in [-0.39, 0.29) is 17.0 Å². The number of quaternary nitrogens is 1. The van der Waals surface area contributed by atoms with Crippen molar-refractivity contribution in [2.45, 2.75) is 64.8 Å². The van der Waals surface area contributed by atoms with Gasteiger partial charge in [-0.05, 0) is 30.5 Å². The van der Waals surface area contributed by atoms with Gasteiger partial charge in [0.25, 0.3) is 0 Å². The predicted octanol–water partition coefficient (Wildman–Crippen LogP) is 3.79. The zero-order valence-corrected chi connectivity index (χ0v) is 36.7. The van der Waals surface area contributed by atoms with E-state index in [0.717, 1.165) is 29.7 Å². The van der Waals surface area contributed by atoms with Gasteiger partial charge >= 0.3 is 0 Å². The normalized spacial score (nSPS) is 11.6. The SMILES string of the molecule is CCCCCCCCCc1ccc(OCCOCCOCCOCCOCCOCCOCCOCCOCCOCC[N+](C)(C)Cc2ccccc2)cc1.[Br-]. The Morgan fingerprint density at radius 2 is 0.768 bits per heavy atom. The van der Waals surface area contributed by atoms with Crippen LogP contribution >= 0.6 is 0 Å². The summed E-state index contributed by atoms with van der Waals surface area (Å²) in [7, 11) is 4.45. The molecular formula is C44H76BrNO10. The van der Waals surface area contributed by atoms with E-state index < -0.39 is 0 Å². The van der Waals surface area contributed by atoms with Crippen molar-refractivity contribution in [3.8, 4) is 5.75 Å². The van der Waals surface area contributed by atoms with E-state index in [1.165, 1.54) is 56.1 Å². The summed E-state index contributed by atoms with van der Waals surface area (Å²) in [5, 5.41) is 0. The Bertz CT molecular complexity index is 1080. The van der Waals surface area contributed by atoms with Crippen molar-refractivity contribution >= 4 is 0 Å². The first-order valence-electron chi connectivity index (χ1n) is 20.9. The molecule has 0 saturated carbocycles. The second kappa shape index (κ2) is 38.8. The van der Waals surface area contributed by atoms with Crippen molar-refractivity contribution in [3.63, 3.8) is 0 Å². The molecule has 11 nitrogen and oxygen atoms in total. The number of unbranched alkanes of at least 4 members (excludes halogenated alkanes) is 6. The van der Waals surface area contributed by atoms with Gasteiger partial charge in [-0.25, -0.2) is 0 Å². The summed E-state index contributed by atoms with van der Waals surface area (Å²) in [4.78, 5) is 0. The highest BCUT2D eigenvalue weighted by Crippen LogP contribution is 2.15. The smallest absolute Gasteiger partial charge is 0.119 e. The molecule has 0 heterocycles. The molecule has 0 aromatic heterocycles. The largest absolute Gasteiger partial charge is 1.00 e. The second-order valence-corrected chi connectivity index (χ2v) is 14.2. The molecule has 12 heteroatoms. The van der Waals surface area contributed by atoms with Gasteiger partial charge in [-0.15, -0.1) is 0 Å². The molecule has 0 fully saturated rings. The first-order valence-corrected chi connectivity index (χ1v) is 20.9. The summed E-state index contributed by atoms with van der Waals surface area (Å²) in [6.45, 7) is 14.5. The van der Waals surface area contributed by atoms with Crippen LogP contribution in [0.1, 0.15) is 63.0 Å².